The molecule has 0 fully saturated rings. The van der Waals surface area contributed by atoms with E-state index in [0.29, 0.717) is 6.42 Å². The highest BCUT2D eigenvalue weighted by atomic mass is 16.5. The van der Waals surface area contributed by atoms with Crippen LogP contribution < -0.4 is 17.1 Å². The zero-order valence-corrected chi connectivity index (χ0v) is 15.9. The van der Waals surface area contributed by atoms with E-state index in [1.165, 1.54) is 0 Å². The number of nitrogens with zero attached hydrogens (tertiary/aromatic N) is 3. The summed E-state index contributed by atoms with van der Waals surface area (Å²) in [6, 6.07) is 0. The summed E-state index contributed by atoms with van der Waals surface area (Å²) in [4.78, 5) is 59.7. The third-order valence-corrected chi connectivity index (χ3v) is 3.71. The number of hydrogen-bond acceptors (Lipinski definition) is 7. The van der Waals surface area contributed by atoms with Crippen molar-refractivity contribution in [3.63, 3.8) is 0 Å². The van der Waals surface area contributed by atoms with Crippen molar-refractivity contribution in [3.05, 3.63) is 56.8 Å². The van der Waals surface area contributed by atoms with Crippen LogP contribution in [-0.4, -0.2) is 38.9 Å². The van der Waals surface area contributed by atoms with Gasteiger partial charge in [-0.15, -0.1) is 0 Å². The van der Waals surface area contributed by atoms with Gasteiger partial charge in [0, 0.05) is 31.8 Å². The molecule has 0 aromatic carbocycles. The molecule has 0 N–H and O–H groups in total. The molecule has 0 bridgehead atoms. The van der Waals surface area contributed by atoms with Crippen LogP contribution in [0.4, 0.5) is 0 Å². The van der Waals surface area contributed by atoms with Crippen molar-refractivity contribution in [3.8, 4) is 0 Å². The van der Waals surface area contributed by atoms with Crippen LogP contribution in [0, 0.1) is 0 Å². The summed E-state index contributed by atoms with van der Waals surface area (Å²) in [5, 5.41) is 0. The molecule has 0 unspecified atom stereocenters. The van der Waals surface area contributed by atoms with Crippen molar-refractivity contribution in [2.75, 3.05) is 13.2 Å². The van der Waals surface area contributed by atoms with E-state index in [1.807, 2.05) is 0 Å². The van der Waals surface area contributed by atoms with Crippen LogP contribution in [0.1, 0.15) is 26.2 Å². The lowest BCUT2D eigenvalue weighted by Crippen LogP contribution is -2.54. The predicted molar refractivity (Wildman–Crippen MR) is 101 cm³/mol. The first kappa shape index (κ1) is 22.9. The van der Waals surface area contributed by atoms with Crippen molar-refractivity contribution in [2.45, 2.75) is 45.8 Å². The van der Waals surface area contributed by atoms with Gasteiger partial charge in [0.2, 0.25) is 0 Å². The number of ether oxygens (including phenoxy) is 2. The van der Waals surface area contributed by atoms with Gasteiger partial charge in [0.1, 0.15) is 0 Å². The Morgan fingerprint density at radius 2 is 1.14 bits per heavy atom. The topological polar surface area (TPSA) is 119 Å². The smallest absolute Gasteiger partial charge is 0.336 e. The molecule has 28 heavy (non-hydrogen) atoms. The summed E-state index contributed by atoms with van der Waals surface area (Å²) in [5.74, 6) is -1.20. The SMILES string of the molecule is C=CC(=O)OCCCn1c(=O)n(CCC)c(=O)n(CCCOC(=O)C=C)c1=O. The van der Waals surface area contributed by atoms with Crippen molar-refractivity contribution in [1.82, 2.24) is 13.7 Å². The Labute approximate surface area is 161 Å². The van der Waals surface area contributed by atoms with E-state index < -0.39 is 29.0 Å². The minimum absolute atomic E-state index is 0.00113. The second-order valence-corrected chi connectivity index (χ2v) is 5.75. The lowest BCUT2D eigenvalue weighted by Gasteiger charge is -2.13. The molecule has 0 aliphatic carbocycles. The van der Waals surface area contributed by atoms with Gasteiger partial charge in [-0.1, -0.05) is 20.1 Å². The van der Waals surface area contributed by atoms with Crippen molar-refractivity contribution < 1.29 is 19.1 Å². The molecule has 1 aromatic heterocycles. The zero-order chi connectivity index (χ0) is 21.1. The third kappa shape index (κ3) is 6.22. The van der Waals surface area contributed by atoms with Gasteiger partial charge in [-0.25, -0.2) is 37.7 Å². The summed E-state index contributed by atoms with van der Waals surface area (Å²) in [6.07, 6.45) is 2.99. The first-order valence-electron chi connectivity index (χ1n) is 8.90. The van der Waals surface area contributed by atoms with Gasteiger partial charge in [-0.3, -0.25) is 0 Å². The molecule has 1 rings (SSSR count). The molecule has 10 heteroatoms. The summed E-state index contributed by atoms with van der Waals surface area (Å²) < 4.78 is 12.5. The molecule has 1 heterocycles. The van der Waals surface area contributed by atoms with Crippen LogP contribution >= 0.6 is 0 Å². The maximum Gasteiger partial charge on any atom is 0.336 e. The van der Waals surface area contributed by atoms with E-state index in [-0.39, 0.29) is 45.7 Å². The van der Waals surface area contributed by atoms with Gasteiger partial charge in [0.05, 0.1) is 13.2 Å². The lowest BCUT2D eigenvalue weighted by atomic mass is 10.4. The van der Waals surface area contributed by atoms with Crippen LogP contribution in [-0.2, 0) is 38.7 Å². The largest absolute Gasteiger partial charge is 0.462 e. The highest BCUT2D eigenvalue weighted by molar-refractivity contribution is 5.81. The number of hydrogen-bond donors (Lipinski definition) is 0. The Morgan fingerprint density at radius 3 is 1.46 bits per heavy atom. The van der Waals surface area contributed by atoms with Crippen LogP contribution in [0.3, 0.4) is 0 Å². The van der Waals surface area contributed by atoms with Crippen LogP contribution in [0.25, 0.3) is 0 Å². The Balaban J connectivity index is 3.04. The molecule has 1 aromatic rings. The summed E-state index contributed by atoms with van der Waals surface area (Å²) in [5.41, 5.74) is -2.17. The van der Waals surface area contributed by atoms with Crippen molar-refractivity contribution >= 4 is 11.9 Å². The van der Waals surface area contributed by atoms with E-state index >= 15 is 0 Å². The second-order valence-electron chi connectivity index (χ2n) is 5.75. The molecule has 0 aliphatic rings. The Kier molecular flexibility index (Phi) is 9.41. The first-order valence-corrected chi connectivity index (χ1v) is 8.90. The molecular weight excluding hydrogens is 370 g/mol. The average Bonchev–Trinajstić information content (AvgIpc) is 2.69. The fourth-order valence-electron chi connectivity index (χ4n) is 2.39. The minimum Gasteiger partial charge on any atom is -0.462 e. The molecule has 0 saturated heterocycles. The molecule has 0 amide bonds. The number of rotatable bonds is 12. The third-order valence-electron chi connectivity index (χ3n) is 3.71. The standard InChI is InChI=1S/C18H25N3O7/c1-4-9-19-16(24)20(10-7-12-27-14(22)5-2)18(26)21(17(19)25)11-8-13-28-15(23)6-3/h5-6H,2-4,7-13H2,1H3. The Bertz CT molecular complexity index is 826. The maximum absolute atomic E-state index is 12.6. The van der Waals surface area contributed by atoms with Crippen molar-refractivity contribution in [1.29, 1.82) is 0 Å². The minimum atomic E-state index is -0.757. The second kappa shape index (κ2) is 11.5. The number of carbonyl (C=O) groups is 2. The Morgan fingerprint density at radius 1 is 0.786 bits per heavy atom. The Hall–Kier alpha value is -3.17. The monoisotopic (exact) mass is 395 g/mol. The molecule has 0 radical (unpaired) electrons. The van der Waals surface area contributed by atoms with Crippen LogP contribution in [0.15, 0.2) is 39.7 Å². The van der Waals surface area contributed by atoms with E-state index in [0.717, 1.165) is 25.9 Å². The van der Waals surface area contributed by atoms with Crippen LogP contribution in [0.2, 0.25) is 0 Å². The van der Waals surface area contributed by atoms with E-state index in [2.05, 4.69) is 13.2 Å². The zero-order valence-electron chi connectivity index (χ0n) is 15.9. The highest BCUT2D eigenvalue weighted by Gasteiger charge is 2.15. The average molecular weight is 395 g/mol. The molecular formula is C18H25N3O7. The first-order chi connectivity index (χ1) is 13.4. The number of esters is 2. The highest BCUT2D eigenvalue weighted by Crippen LogP contribution is 1.91. The maximum atomic E-state index is 12.6. The van der Waals surface area contributed by atoms with Gasteiger partial charge in [-0.2, -0.15) is 0 Å². The number of aromatic nitrogens is 3. The predicted octanol–water partition coefficient (Wildman–Crippen LogP) is -0.180. The summed E-state index contributed by atoms with van der Waals surface area (Å²) >= 11 is 0. The van der Waals surface area contributed by atoms with Gasteiger partial charge >= 0.3 is 29.0 Å². The molecule has 0 aliphatic heterocycles. The van der Waals surface area contributed by atoms with Crippen molar-refractivity contribution in [2.24, 2.45) is 0 Å². The molecule has 154 valence electrons. The molecule has 0 spiro atoms. The molecule has 0 atom stereocenters. The van der Waals surface area contributed by atoms with Crippen LogP contribution in [0.5, 0.6) is 0 Å². The molecule has 10 nitrogen and oxygen atoms in total. The fraction of sp³-hybridized carbons (Fsp3) is 0.500. The summed E-state index contributed by atoms with van der Waals surface area (Å²) in [7, 11) is 0. The van der Waals surface area contributed by atoms with Gasteiger partial charge in [0.25, 0.3) is 0 Å². The normalized spacial score (nSPS) is 10.3. The van der Waals surface area contributed by atoms with Gasteiger partial charge in [0.15, 0.2) is 0 Å². The van der Waals surface area contributed by atoms with Gasteiger partial charge in [-0.05, 0) is 19.3 Å². The number of carbonyl (C=O) groups excluding carboxylic acids is 2. The summed E-state index contributed by atoms with van der Waals surface area (Å²) in [6.45, 7) is 8.48. The van der Waals surface area contributed by atoms with E-state index in [4.69, 9.17) is 9.47 Å². The van der Waals surface area contributed by atoms with E-state index in [9.17, 15) is 24.0 Å². The van der Waals surface area contributed by atoms with E-state index in [1.54, 1.807) is 6.92 Å². The lowest BCUT2D eigenvalue weighted by molar-refractivity contribution is -0.138. The molecule has 0 saturated carbocycles. The quantitative estimate of drug-likeness (QED) is 0.274. The fourth-order valence-corrected chi connectivity index (χ4v) is 2.39. The van der Waals surface area contributed by atoms with Gasteiger partial charge < -0.3 is 9.47 Å².